The average molecular weight is 353 g/mol. The van der Waals surface area contributed by atoms with Crippen molar-refractivity contribution < 1.29 is 9.18 Å². The van der Waals surface area contributed by atoms with Gasteiger partial charge in [-0.2, -0.15) is 0 Å². The van der Waals surface area contributed by atoms with E-state index < -0.39 is 0 Å². The molecule has 2 aliphatic rings. The molecule has 0 aliphatic carbocycles. The van der Waals surface area contributed by atoms with E-state index in [0.717, 1.165) is 19.6 Å². The van der Waals surface area contributed by atoms with Gasteiger partial charge in [-0.25, -0.2) is 4.39 Å². The molecule has 0 saturated carbocycles. The molecule has 0 spiro atoms. The van der Waals surface area contributed by atoms with Crippen molar-refractivity contribution in [3.05, 3.63) is 65.2 Å². The van der Waals surface area contributed by atoms with Gasteiger partial charge in [0.1, 0.15) is 5.82 Å². The third-order valence-electron chi connectivity index (χ3n) is 5.86. The van der Waals surface area contributed by atoms with Gasteiger partial charge in [-0.05, 0) is 36.1 Å². The van der Waals surface area contributed by atoms with Crippen LogP contribution < -0.4 is 0 Å². The summed E-state index contributed by atoms with van der Waals surface area (Å²) >= 11 is 0. The number of benzene rings is 1. The summed E-state index contributed by atoms with van der Waals surface area (Å²) in [4.78, 5) is 20.7. The number of rotatable bonds is 3. The van der Waals surface area contributed by atoms with Crippen molar-refractivity contribution in [1.82, 2.24) is 14.8 Å². The zero-order valence-electron chi connectivity index (χ0n) is 15.2. The molecule has 2 fully saturated rings. The highest BCUT2D eigenvalue weighted by atomic mass is 19.1. The SMILES string of the molecule is CC(=O)N1C[C@H]2CN(Cc3ncccc3F)C[C@H]2[C@@H]1c1ccccc1C. The minimum atomic E-state index is -0.245. The fourth-order valence-corrected chi connectivity index (χ4v) is 4.65. The number of aryl methyl sites for hydroxylation is 1. The van der Waals surface area contributed by atoms with Crippen molar-refractivity contribution in [2.45, 2.75) is 26.4 Å². The quantitative estimate of drug-likeness (QED) is 0.850. The molecule has 0 unspecified atom stereocenters. The smallest absolute Gasteiger partial charge is 0.219 e. The number of hydrogen-bond donors (Lipinski definition) is 0. The summed E-state index contributed by atoms with van der Waals surface area (Å²) in [6, 6.07) is 11.5. The lowest BCUT2D eigenvalue weighted by Gasteiger charge is -2.30. The van der Waals surface area contributed by atoms with Crippen molar-refractivity contribution in [2.75, 3.05) is 19.6 Å². The second-order valence-corrected chi connectivity index (χ2v) is 7.52. The van der Waals surface area contributed by atoms with Gasteiger partial charge in [-0.1, -0.05) is 24.3 Å². The van der Waals surface area contributed by atoms with Crippen LogP contribution in [0.1, 0.15) is 29.8 Å². The summed E-state index contributed by atoms with van der Waals surface area (Å²) in [6.45, 7) is 6.82. The zero-order chi connectivity index (χ0) is 18.3. The zero-order valence-corrected chi connectivity index (χ0v) is 15.2. The van der Waals surface area contributed by atoms with E-state index in [4.69, 9.17) is 0 Å². The minimum Gasteiger partial charge on any atom is -0.335 e. The van der Waals surface area contributed by atoms with Gasteiger partial charge in [0.2, 0.25) is 5.91 Å². The highest BCUT2D eigenvalue weighted by Gasteiger charge is 2.48. The van der Waals surface area contributed by atoms with Gasteiger partial charge in [-0.15, -0.1) is 0 Å². The number of likely N-dealkylation sites (tertiary alicyclic amines) is 2. The second-order valence-electron chi connectivity index (χ2n) is 7.52. The molecule has 4 nitrogen and oxygen atoms in total. The van der Waals surface area contributed by atoms with Gasteiger partial charge < -0.3 is 4.90 Å². The summed E-state index contributed by atoms with van der Waals surface area (Å²) in [6.07, 6.45) is 1.64. The number of hydrogen-bond acceptors (Lipinski definition) is 3. The van der Waals surface area contributed by atoms with Gasteiger partial charge in [0.05, 0.1) is 11.7 Å². The van der Waals surface area contributed by atoms with Crippen molar-refractivity contribution in [3.8, 4) is 0 Å². The fraction of sp³-hybridized carbons (Fsp3) is 0.429. The summed E-state index contributed by atoms with van der Waals surface area (Å²) in [5.41, 5.74) is 2.96. The van der Waals surface area contributed by atoms with E-state index in [1.54, 1.807) is 19.2 Å². The predicted octanol–water partition coefficient (Wildman–Crippen LogP) is 3.18. The first-order chi connectivity index (χ1) is 12.5. The Kier molecular flexibility index (Phi) is 4.49. The molecule has 2 saturated heterocycles. The van der Waals surface area contributed by atoms with E-state index >= 15 is 0 Å². The Morgan fingerprint density at radius 2 is 2.00 bits per heavy atom. The summed E-state index contributed by atoms with van der Waals surface area (Å²) in [5.74, 6) is 0.697. The van der Waals surface area contributed by atoms with E-state index in [2.05, 4.69) is 28.9 Å². The Morgan fingerprint density at radius 3 is 2.73 bits per heavy atom. The first-order valence-corrected chi connectivity index (χ1v) is 9.19. The largest absolute Gasteiger partial charge is 0.335 e. The van der Waals surface area contributed by atoms with Gasteiger partial charge >= 0.3 is 0 Å². The molecule has 0 bridgehead atoms. The van der Waals surface area contributed by atoms with Gasteiger partial charge in [0, 0.05) is 45.2 Å². The monoisotopic (exact) mass is 353 g/mol. The maximum Gasteiger partial charge on any atom is 0.219 e. The molecule has 136 valence electrons. The highest BCUT2D eigenvalue weighted by Crippen LogP contribution is 2.46. The van der Waals surface area contributed by atoms with Crippen molar-refractivity contribution in [1.29, 1.82) is 0 Å². The normalized spacial score (nSPS) is 25.5. The molecule has 3 atom stereocenters. The van der Waals surface area contributed by atoms with Crippen LogP contribution in [0.5, 0.6) is 0 Å². The molecule has 2 aliphatic heterocycles. The third-order valence-corrected chi connectivity index (χ3v) is 5.86. The molecule has 3 heterocycles. The van der Waals surface area contributed by atoms with Crippen LogP contribution in [0.15, 0.2) is 42.6 Å². The molecule has 0 radical (unpaired) electrons. The number of nitrogens with zero attached hydrogens (tertiary/aromatic N) is 3. The molecular formula is C21H24FN3O. The van der Waals surface area contributed by atoms with E-state index in [0.29, 0.717) is 24.1 Å². The van der Waals surface area contributed by atoms with Gasteiger partial charge in [-0.3, -0.25) is 14.7 Å². The topological polar surface area (TPSA) is 36.4 Å². The highest BCUT2D eigenvalue weighted by molar-refractivity contribution is 5.74. The minimum absolute atomic E-state index is 0.109. The first-order valence-electron chi connectivity index (χ1n) is 9.19. The number of pyridine rings is 1. The Morgan fingerprint density at radius 1 is 1.19 bits per heavy atom. The molecular weight excluding hydrogens is 329 g/mol. The average Bonchev–Trinajstić information content (AvgIpc) is 3.15. The number of aromatic nitrogens is 1. The second kappa shape index (κ2) is 6.80. The summed E-state index contributed by atoms with van der Waals surface area (Å²) in [7, 11) is 0. The number of halogens is 1. The summed E-state index contributed by atoms with van der Waals surface area (Å²) in [5, 5.41) is 0. The molecule has 5 heteroatoms. The lowest BCUT2D eigenvalue weighted by molar-refractivity contribution is -0.130. The van der Waals surface area contributed by atoms with Crippen molar-refractivity contribution in [3.63, 3.8) is 0 Å². The molecule has 4 rings (SSSR count). The van der Waals surface area contributed by atoms with E-state index in [1.165, 1.54) is 17.2 Å². The van der Waals surface area contributed by atoms with Gasteiger partial charge in [0.15, 0.2) is 0 Å². The standard InChI is InChI=1S/C21H24FN3O/c1-14-6-3-4-7-17(14)21-18-12-24(10-16(18)11-25(21)15(2)26)13-20-19(22)8-5-9-23-20/h3-9,16,18,21H,10-13H2,1-2H3/t16-,18-,21+/m1/s1. The number of carbonyl (C=O) groups excluding carboxylic acids is 1. The van der Waals surface area contributed by atoms with Crippen molar-refractivity contribution in [2.24, 2.45) is 11.8 Å². The summed E-state index contributed by atoms with van der Waals surface area (Å²) < 4.78 is 14.0. The molecule has 1 aromatic heterocycles. The van der Waals surface area contributed by atoms with Crippen LogP contribution in [0, 0.1) is 24.6 Å². The Hall–Kier alpha value is -2.27. The van der Waals surface area contributed by atoms with Crippen LogP contribution in [0.25, 0.3) is 0 Å². The molecule has 1 aromatic carbocycles. The van der Waals surface area contributed by atoms with Crippen LogP contribution in [0.3, 0.4) is 0 Å². The molecule has 1 amide bonds. The molecule has 26 heavy (non-hydrogen) atoms. The van der Waals surface area contributed by atoms with E-state index in [1.807, 2.05) is 17.0 Å². The predicted molar refractivity (Wildman–Crippen MR) is 97.8 cm³/mol. The molecule has 2 aromatic rings. The lowest BCUT2D eigenvalue weighted by Crippen LogP contribution is -2.34. The lowest BCUT2D eigenvalue weighted by atomic mass is 9.87. The Balaban J connectivity index is 1.58. The van der Waals surface area contributed by atoms with Crippen LogP contribution >= 0.6 is 0 Å². The van der Waals surface area contributed by atoms with Crippen LogP contribution in [0.2, 0.25) is 0 Å². The van der Waals surface area contributed by atoms with Gasteiger partial charge in [0.25, 0.3) is 0 Å². The van der Waals surface area contributed by atoms with Crippen molar-refractivity contribution >= 4 is 5.91 Å². The van der Waals surface area contributed by atoms with Crippen LogP contribution in [-0.2, 0) is 11.3 Å². The Labute approximate surface area is 153 Å². The number of carbonyl (C=O) groups is 1. The maximum atomic E-state index is 14.0. The van der Waals surface area contributed by atoms with E-state index in [-0.39, 0.29) is 17.8 Å². The fourth-order valence-electron chi connectivity index (χ4n) is 4.65. The molecule has 0 N–H and O–H groups in total. The van der Waals surface area contributed by atoms with E-state index in [9.17, 15) is 9.18 Å². The Bertz CT molecular complexity index is 824. The van der Waals surface area contributed by atoms with Crippen LogP contribution in [0.4, 0.5) is 4.39 Å². The number of fused-ring (bicyclic) bond motifs is 1. The number of amides is 1. The first kappa shape index (κ1) is 17.2. The third kappa shape index (κ3) is 3.01. The van der Waals surface area contributed by atoms with Crippen LogP contribution in [-0.4, -0.2) is 40.3 Å². The maximum absolute atomic E-state index is 14.0.